The van der Waals surface area contributed by atoms with Gasteiger partial charge in [0.2, 0.25) is 17.7 Å². The van der Waals surface area contributed by atoms with Gasteiger partial charge in [0.25, 0.3) is 0 Å². The summed E-state index contributed by atoms with van der Waals surface area (Å²) in [5, 5.41) is 2.81. The number of nitrogens with one attached hydrogen (secondary N) is 1. The topological polar surface area (TPSA) is 75.7 Å². The van der Waals surface area contributed by atoms with Gasteiger partial charge in [-0.15, -0.1) is 0 Å². The molecule has 2 aromatic carbocycles. The van der Waals surface area contributed by atoms with E-state index in [1.54, 1.807) is 24.3 Å². The number of carbonyl (C=O) groups is 3. The van der Waals surface area contributed by atoms with Crippen molar-refractivity contribution in [3.63, 3.8) is 0 Å². The maximum Gasteiger partial charge on any atom is 0.244 e. The van der Waals surface area contributed by atoms with Crippen LogP contribution in [0.1, 0.15) is 32.8 Å². The van der Waals surface area contributed by atoms with Gasteiger partial charge in [-0.1, -0.05) is 45.1 Å². The van der Waals surface area contributed by atoms with E-state index in [0.29, 0.717) is 23.3 Å². The number of amides is 3. The molecule has 1 aliphatic heterocycles. The quantitative estimate of drug-likeness (QED) is 0.505. The molecule has 0 unspecified atom stereocenters. The number of allylic oxidation sites excluding steroid dienone is 2. The first kappa shape index (κ1) is 22.1. The molecule has 1 heterocycles. The summed E-state index contributed by atoms with van der Waals surface area (Å²) >= 11 is 0. The first-order valence-corrected chi connectivity index (χ1v) is 12.4. The minimum atomic E-state index is -0.373. The van der Waals surface area contributed by atoms with Crippen LogP contribution in [0, 0.1) is 35.5 Å². The maximum absolute atomic E-state index is 13.1. The lowest BCUT2D eigenvalue weighted by Crippen LogP contribution is -2.40. The molecule has 35 heavy (non-hydrogen) atoms. The van der Waals surface area contributed by atoms with Crippen LogP contribution in [0.25, 0.3) is 0 Å². The van der Waals surface area contributed by atoms with Crippen molar-refractivity contribution >= 4 is 23.4 Å². The third-order valence-electron chi connectivity index (χ3n) is 8.15. The summed E-state index contributed by atoms with van der Waals surface area (Å²) in [5.74, 6) is 1.54. The van der Waals surface area contributed by atoms with Crippen molar-refractivity contribution in [2.45, 2.75) is 32.6 Å². The van der Waals surface area contributed by atoms with E-state index in [0.717, 1.165) is 12.2 Å². The van der Waals surface area contributed by atoms with Gasteiger partial charge in [-0.05, 0) is 77.5 Å². The van der Waals surface area contributed by atoms with Crippen molar-refractivity contribution in [1.29, 1.82) is 0 Å². The van der Waals surface area contributed by atoms with Crippen molar-refractivity contribution in [2.75, 3.05) is 11.9 Å². The van der Waals surface area contributed by atoms with Gasteiger partial charge >= 0.3 is 0 Å². The van der Waals surface area contributed by atoms with Crippen molar-refractivity contribution in [1.82, 2.24) is 4.90 Å². The zero-order valence-electron chi connectivity index (χ0n) is 20.2. The number of hydrogen-bond donors (Lipinski definition) is 1. The number of hydrogen-bond acceptors (Lipinski definition) is 4. The highest BCUT2D eigenvalue weighted by Gasteiger charge is 2.67. The number of rotatable bonds is 5. The summed E-state index contributed by atoms with van der Waals surface area (Å²) < 4.78 is 5.92. The van der Waals surface area contributed by atoms with E-state index < -0.39 is 0 Å². The molecule has 6 heteroatoms. The molecule has 1 saturated heterocycles. The largest absolute Gasteiger partial charge is 0.457 e. The van der Waals surface area contributed by atoms with Crippen LogP contribution < -0.4 is 10.1 Å². The number of carbonyl (C=O) groups excluding carboxylic acids is 3. The molecular formula is C29H30N2O4. The lowest BCUT2D eigenvalue weighted by Gasteiger charge is -2.37. The molecule has 0 aromatic heterocycles. The van der Waals surface area contributed by atoms with E-state index >= 15 is 0 Å². The smallest absolute Gasteiger partial charge is 0.244 e. The Morgan fingerprint density at radius 1 is 0.886 bits per heavy atom. The third kappa shape index (κ3) is 3.76. The zero-order chi connectivity index (χ0) is 24.5. The summed E-state index contributed by atoms with van der Waals surface area (Å²) in [7, 11) is 0. The minimum Gasteiger partial charge on any atom is -0.457 e. The van der Waals surface area contributed by atoms with Crippen molar-refractivity contribution in [3.05, 3.63) is 66.2 Å². The molecule has 5 aliphatic rings. The number of nitrogens with zero attached hydrogens (tertiary/aromatic N) is 1. The van der Waals surface area contributed by atoms with Gasteiger partial charge < -0.3 is 10.1 Å². The molecule has 0 spiro atoms. The molecule has 6 nitrogen and oxygen atoms in total. The van der Waals surface area contributed by atoms with Gasteiger partial charge in [-0.3, -0.25) is 19.3 Å². The minimum absolute atomic E-state index is 0.0809. The van der Waals surface area contributed by atoms with E-state index in [9.17, 15) is 14.4 Å². The van der Waals surface area contributed by atoms with E-state index in [2.05, 4.69) is 50.4 Å². The fraction of sp³-hybridized carbons (Fsp3) is 0.414. The van der Waals surface area contributed by atoms with Crippen LogP contribution in [0.3, 0.4) is 0 Å². The predicted octanol–water partition coefficient (Wildman–Crippen LogP) is 4.77. The maximum atomic E-state index is 13.1. The molecule has 2 aromatic rings. The first-order chi connectivity index (χ1) is 16.7. The van der Waals surface area contributed by atoms with Gasteiger partial charge in [0.1, 0.15) is 18.0 Å². The Balaban J connectivity index is 1.07. The molecule has 0 radical (unpaired) electrons. The van der Waals surface area contributed by atoms with Crippen LogP contribution in [-0.2, 0) is 19.8 Å². The van der Waals surface area contributed by atoms with Gasteiger partial charge in [0, 0.05) is 5.69 Å². The van der Waals surface area contributed by atoms with Gasteiger partial charge in [0.15, 0.2) is 0 Å². The van der Waals surface area contributed by atoms with Gasteiger partial charge in [0.05, 0.1) is 11.8 Å². The van der Waals surface area contributed by atoms with Crippen molar-refractivity contribution in [2.24, 2.45) is 35.5 Å². The first-order valence-electron chi connectivity index (χ1n) is 12.4. The molecular weight excluding hydrogens is 440 g/mol. The molecule has 3 amide bonds. The highest BCUT2D eigenvalue weighted by atomic mass is 16.5. The Morgan fingerprint density at radius 3 is 1.91 bits per heavy atom. The SMILES string of the molecule is CC(C)(C)c1ccc(Oc2ccc(NC(=O)CN3C(=O)[C@@H]4[C@@H]5C=C[C@H]([C@@H]6C[C@H]56)[C@H]4C3=O)cc2)cc1. The van der Waals surface area contributed by atoms with Gasteiger partial charge in [-0.2, -0.15) is 0 Å². The molecule has 4 aliphatic carbocycles. The van der Waals surface area contributed by atoms with Crippen LogP contribution in [0.15, 0.2) is 60.7 Å². The number of likely N-dealkylation sites (tertiary alicyclic amines) is 1. The molecule has 6 atom stereocenters. The molecule has 2 saturated carbocycles. The second-order valence-corrected chi connectivity index (χ2v) is 11.4. The van der Waals surface area contributed by atoms with Crippen LogP contribution >= 0.6 is 0 Å². The lowest BCUT2D eigenvalue weighted by molar-refractivity contribution is -0.142. The summed E-state index contributed by atoms with van der Waals surface area (Å²) in [6.45, 7) is 6.27. The van der Waals surface area contributed by atoms with Gasteiger partial charge in [-0.25, -0.2) is 0 Å². The Labute approximate surface area is 205 Å². The summed E-state index contributed by atoms with van der Waals surface area (Å²) in [6, 6.07) is 15.1. The number of ether oxygens (including phenoxy) is 1. The fourth-order valence-electron chi connectivity index (χ4n) is 6.28. The van der Waals surface area contributed by atoms with E-state index in [1.807, 2.05) is 12.1 Å². The second-order valence-electron chi connectivity index (χ2n) is 11.4. The Hall–Kier alpha value is -3.41. The Kier molecular flexibility index (Phi) is 4.92. The predicted molar refractivity (Wildman–Crippen MR) is 132 cm³/mol. The number of benzene rings is 2. The van der Waals surface area contributed by atoms with Crippen molar-refractivity contribution < 1.29 is 19.1 Å². The third-order valence-corrected chi connectivity index (χ3v) is 8.15. The highest BCUT2D eigenvalue weighted by molar-refractivity contribution is 6.09. The number of anilines is 1. The summed E-state index contributed by atoms with van der Waals surface area (Å²) in [4.78, 5) is 40.0. The molecule has 7 rings (SSSR count). The zero-order valence-corrected chi connectivity index (χ0v) is 20.2. The Bertz CT molecular complexity index is 1190. The summed E-state index contributed by atoms with van der Waals surface area (Å²) in [5.41, 5.74) is 1.90. The lowest BCUT2D eigenvalue weighted by atomic mass is 9.63. The normalized spacial score (nSPS) is 30.2. The average molecular weight is 471 g/mol. The second kappa shape index (κ2) is 7.80. The van der Waals surface area contributed by atoms with E-state index in [-0.39, 0.29) is 53.4 Å². The highest BCUT2D eigenvalue weighted by Crippen LogP contribution is 2.65. The van der Waals surface area contributed by atoms with Crippen molar-refractivity contribution in [3.8, 4) is 11.5 Å². The van der Waals surface area contributed by atoms with E-state index in [4.69, 9.17) is 4.74 Å². The monoisotopic (exact) mass is 470 g/mol. The Morgan fingerprint density at radius 2 is 1.40 bits per heavy atom. The van der Waals surface area contributed by atoms with E-state index in [1.165, 1.54) is 10.5 Å². The van der Waals surface area contributed by atoms with Crippen LogP contribution in [-0.4, -0.2) is 29.2 Å². The molecule has 3 fully saturated rings. The molecule has 2 bridgehead atoms. The molecule has 1 N–H and O–H groups in total. The van der Waals surface area contributed by atoms with Crippen LogP contribution in [0.5, 0.6) is 11.5 Å². The molecule has 180 valence electrons. The summed E-state index contributed by atoms with van der Waals surface area (Å²) in [6.07, 6.45) is 5.40. The standard InChI is InChI=1S/C29H30N2O4/c1-29(2,3)16-4-8-18(9-5-16)35-19-10-6-17(7-11-19)30-24(32)15-31-27(33)25-20-12-13-21(23-14-22(20)23)26(25)28(31)34/h4-13,20-23,25-26H,14-15H2,1-3H3,(H,30,32)/t20-,21-,22-,23+,25-,26-/m1/s1. The van der Waals surface area contributed by atoms with Crippen LogP contribution in [0.4, 0.5) is 5.69 Å². The van der Waals surface area contributed by atoms with Crippen LogP contribution in [0.2, 0.25) is 0 Å². The fourth-order valence-corrected chi connectivity index (χ4v) is 6.28. The average Bonchev–Trinajstić information content (AvgIpc) is 3.61. The number of imide groups is 1.